The molecule has 0 aliphatic heterocycles. The van der Waals surface area contributed by atoms with E-state index in [1.54, 1.807) is 18.4 Å². The highest BCUT2D eigenvalue weighted by Gasteiger charge is 2.36. The van der Waals surface area contributed by atoms with Crippen molar-refractivity contribution < 1.29 is 4.74 Å². The van der Waals surface area contributed by atoms with Gasteiger partial charge in [-0.3, -0.25) is 0 Å². The number of nitrogens with zero attached hydrogens (tertiary/aromatic N) is 1. The van der Waals surface area contributed by atoms with Gasteiger partial charge in [0.15, 0.2) is 0 Å². The number of rotatable bonds is 2. The number of nitrogens with two attached hydrogens (primary N) is 1. The zero-order valence-corrected chi connectivity index (χ0v) is 9.27. The van der Waals surface area contributed by atoms with Gasteiger partial charge in [0.25, 0.3) is 0 Å². The lowest BCUT2D eigenvalue weighted by molar-refractivity contribution is -0.0445. The second-order valence-corrected chi connectivity index (χ2v) is 4.69. The van der Waals surface area contributed by atoms with Gasteiger partial charge in [0, 0.05) is 12.5 Å². The summed E-state index contributed by atoms with van der Waals surface area (Å²) in [4.78, 5) is 4.35. The van der Waals surface area contributed by atoms with Crippen LogP contribution in [-0.2, 0) is 10.3 Å². The summed E-state index contributed by atoms with van der Waals surface area (Å²) in [6.45, 7) is 0. The van der Waals surface area contributed by atoms with Crippen molar-refractivity contribution in [2.45, 2.75) is 37.7 Å². The molecular weight excluding hydrogens is 196 g/mol. The molecule has 0 amide bonds. The standard InChI is InChI=1S/C10H16N2OS/c1-13-10(5-3-2-4-6-10)9-12-8(11)7-14-9/h7H,2-6,11H2,1H3. The molecule has 4 heteroatoms. The Bertz CT molecular complexity index is 305. The molecule has 1 aromatic heterocycles. The van der Waals surface area contributed by atoms with E-state index in [1.807, 2.05) is 5.38 Å². The maximum atomic E-state index is 5.67. The summed E-state index contributed by atoms with van der Waals surface area (Å²) < 4.78 is 5.67. The van der Waals surface area contributed by atoms with Crippen molar-refractivity contribution in [3.8, 4) is 0 Å². The molecule has 14 heavy (non-hydrogen) atoms. The Morgan fingerprint density at radius 2 is 2.14 bits per heavy atom. The van der Waals surface area contributed by atoms with Crippen molar-refractivity contribution in [2.75, 3.05) is 12.8 Å². The van der Waals surface area contributed by atoms with Crippen molar-refractivity contribution in [1.82, 2.24) is 4.98 Å². The highest BCUT2D eigenvalue weighted by atomic mass is 32.1. The van der Waals surface area contributed by atoms with Gasteiger partial charge in [-0.05, 0) is 12.8 Å². The van der Waals surface area contributed by atoms with Crippen molar-refractivity contribution in [3.63, 3.8) is 0 Å². The number of aromatic nitrogens is 1. The number of hydrogen-bond donors (Lipinski definition) is 1. The lowest BCUT2D eigenvalue weighted by atomic mass is 9.85. The van der Waals surface area contributed by atoms with E-state index in [9.17, 15) is 0 Å². The van der Waals surface area contributed by atoms with Crippen molar-refractivity contribution in [1.29, 1.82) is 0 Å². The zero-order chi connectivity index (χ0) is 10.0. The fourth-order valence-corrected chi connectivity index (χ4v) is 3.07. The minimum Gasteiger partial charge on any atom is -0.383 e. The molecule has 1 saturated carbocycles. The summed E-state index contributed by atoms with van der Waals surface area (Å²) in [5, 5.41) is 2.95. The van der Waals surface area contributed by atoms with Crippen molar-refractivity contribution >= 4 is 17.2 Å². The van der Waals surface area contributed by atoms with Gasteiger partial charge in [0.05, 0.1) is 0 Å². The summed E-state index contributed by atoms with van der Waals surface area (Å²) in [6.07, 6.45) is 5.93. The van der Waals surface area contributed by atoms with Crippen LogP contribution in [-0.4, -0.2) is 12.1 Å². The van der Waals surface area contributed by atoms with Crippen LogP contribution in [0.2, 0.25) is 0 Å². The number of methoxy groups -OCH3 is 1. The van der Waals surface area contributed by atoms with Crippen LogP contribution >= 0.6 is 11.3 Å². The Labute approximate surface area is 88.3 Å². The molecule has 0 aromatic carbocycles. The minimum atomic E-state index is -0.138. The number of thiazole rings is 1. The van der Waals surface area contributed by atoms with Gasteiger partial charge in [-0.15, -0.1) is 11.3 Å². The molecule has 0 bridgehead atoms. The molecule has 1 heterocycles. The molecule has 2 rings (SSSR count). The van der Waals surface area contributed by atoms with Gasteiger partial charge < -0.3 is 10.5 Å². The molecule has 78 valence electrons. The minimum absolute atomic E-state index is 0.138. The monoisotopic (exact) mass is 212 g/mol. The van der Waals surface area contributed by atoms with Gasteiger partial charge in [0.2, 0.25) is 0 Å². The Balaban J connectivity index is 2.26. The van der Waals surface area contributed by atoms with E-state index in [4.69, 9.17) is 10.5 Å². The molecule has 0 unspecified atom stereocenters. The van der Waals surface area contributed by atoms with E-state index in [0.29, 0.717) is 5.82 Å². The topological polar surface area (TPSA) is 48.1 Å². The van der Waals surface area contributed by atoms with Crippen LogP contribution in [0.25, 0.3) is 0 Å². The number of ether oxygens (including phenoxy) is 1. The largest absolute Gasteiger partial charge is 0.383 e. The lowest BCUT2D eigenvalue weighted by Crippen LogP contribution is -2.30. The molecule has 1 aromatic rings. The van der Waals surface area contributed by atoms with Gasteiger partial charge in [-0.25, -0.2) is 4.98 Å². The third kappa shape index (κ3) is 1.64. The molecule has 1 aliphatic rings. The van der Waals surface area contributed by atoms with E-state index in [-0.39, 0.29) is 5.60 Å². The van der Waals surface area contributed by atoms with Crippen LogP contribution in [0.3, 0.4) is 0 Å². The van der Waals surface area contributed by atoms with E-state index in [2.05, 4.69) is 4.98 Å². The number of nitrogen functional groups attached to an aromatic ring is 1. The third-order valence-corrected chi connectivity index (χ3v) is 4.01. The molecule has 2 N–H and O–H groups in total. The molecule has 1 aliphatic carbocycles. The normalized spacial score (nSPS) is 20.9. The van der Waals surface area contributed by atoms with Gasteiger partial charge >= 0.3 is 0 Å². The van der Waals surface area contributed by atoms with Crippen LogP contribution in [0.4, 0.5) is 5.82 Å². The van der Waals surface area contributed by atoms with Crippen molar-refractivity contribution in [2.24, 2.45) is 0 Å². The molecule has 3 nitrogen and oxygen atoms in total. The highest BCUT2D eigenvalue weighted by Crippen LogP contribution is 2.41. The average molecular weight is 212 g/mol. The quantitative estimate of drug-likeness (QED) is 0.819. The Morgan fingerprint density at radius 3 is 2.64 bits per heavy atom. The lowest BCUT2D eigenvalue weighted by Gasteiger charge is -2.33. The predicted molar refractivity (Wildman–Crippen MR) is 58.3 cm³/mol. The van der Waals surface area contributed by atoms with Crippen LogP contribution in [0.5, 0.6) is 0 Å². The smallest absolute Gasteiger partial charge is 0.134 e. The molecule has 0 saturated heterocycles. The summed E-state index contributed by atoms with van der Waals surface area (Å²) in [6, 6.07) is 0. The second kappa shape index (κ2) is 3.87. The van der Waals surface area contributed by atoms with Crippen LogP contribution in [0, 0.1) is 0 Å². The van der Waals surface area contributed by atoms with Crippen molar-refractivity contribution in [3.05, 3.63) is 10.4 Å². The Morgan fingerprint density at radius 1 is 1.43 bits per heavy atom. The summed E-state index contributed by atoms with van der Waals surface area (Å²) in [5.41, 5.74) is 5.50. The maximum Gasteiger partial charge on any atom is 0.134 e. The van der Waals surface area contributed by atoms with E-state index < -0.39 is 0 Å². The first-order valence-electron chi connectivity index (χ1n) is 5.03. The van der Waals surface area contributed by atoms with Crippen LogP contribution in [0.15, 0.2) is 5.38 Å². The molecule has 1 fully saturated rings. The summed E-state index contributed by atoms with van der Waals surface area (Å²) >= 11 is 1.62. The fraction of sp³-hybridized carbons (Fsp3) is 0.700. The Kier molecular flexibility index (Phi) is 2.74. The summed E-state index contributed by atoms with van der Waals surface area (Å²) in [7, 11) is 1.78. The van der Waals surface area contributed by atoms with Crippen LogP contribution < -0.4 is 5.73 Å². The summed E-state index contributed by atoms with van der Waals surface area (Å²) in [5.74, 6) is 0.618. The molecule has 0 spiro atoms. The first-order valence-corrected chi connectivity index (χ1v) is 5.91. The third-order valence-electron chi connectivity index (χ3n) is 2.96. The predicted octanol–water partition coefficient (Wildman–Crippen LogP) is 2.53. The Hall–Kier alpha value is -0.610. The molecule has 0 atom stereocenters. The first-order chi connectivity index (χ1) is 6.77. The van der Waals surface area contributed by atoms with Gasteiger partial charge in [-0.1, -0.05) is 19.3 Å². The first kappa shape index (κ1) is 9.93. The van der Waals surface area contributed by atoms with E-state index in [1.165, 1.54) is 19.3 Å². The van der Waals surface area contributed by atoms with Gasteiger partial charge in [-0.2, -0.15) is 0 Å². The number of hydrogen-bond acceptors (Lipinski definition) is 4. The maximum absolute atomic E-state index is 5.67. The van der Waals surface area contributed by atoms with E-state index in [0.717, 1.165) is 17.8 Å². The zero-order valence-electron chi connectivity index (χ0n) is 8.45. The molecular formula is C10H16N2OS. The second-order valence-electron chi connectivity index (χ2n) is 3.84. The fourth-order valence-electron chi connectivity index (χ4n) is 2.12. The average Bonchev–Trinajstić information content (AvgIpc) is 2.66. The van der Waals surface area contributed by atoms with Crippen LogP contribution in [0.1, 0.15) is 37.1 Å². The molecule has 0 radical (unpaired) electrons. The number of anilines is 1. The van der Waals surface area contributed by atoms with E-state index >= 15 is 0 Å². The van der Waals surface area contributed by atoms with Gasteiger partial charge in [0.1, 0.15) is 16.4 Å². The highest BCUT2D eigenvalue weighted by molar-refractivity contribution is 7.10. The SMILES string of the molecule is COC1(c2nc(N)cs2)CCCCC1.